The minimum absolute atomic E-state index is 0.0623. The van der Waals surface area contributed by atoms with Crippen molar-refractivity contribution < 1.29 is 9.53 Å². The van der Waals surface area contributed by atoms with Crippen LogP contribution in [0.15, 0.2) is 0 Å². The van der Waals surface area contributed by atoms with Crippen molar-refractivity contribution in [2.75, 3.05) is 19.8 Å². The quantitative estimate of drug-likeness (QED) is 0.740. The fourth-order valence-corrected chi connectivity index (χ4v) is 1.82. The molecule has 2 N–H and O–H groups in total. The maximum Gasteiger partial charge on any atom is 0.221 e. The van der Waals surface area contributed by atoms with Gasteiger partial charge in [-0.15, -0.1) is 0 Å². The van der Waals surface area contributed by atoms with Crippen LogP contribution in [-0.4, -0.2) is 37.2 Å². The molecule has 0 bridgehead atoms. The molecule has 0 aliphatic carbocycles. The third-order valence-electron chi connectivity index (χ3n) is 2.94. The van der Waals surface area contributed by atoms with Gasteiger partial charge in [0.2, 0.25) is 5.91 Å². The summed E-state index contributed by atoms with van der Waals surface area (Å²) in [5.41, 5.74) is -0.0623. The van der Waals surface area contributed by atoms with Crippen molar-refractivity contribution in [1.29, 1.82) is 0 Å². The lowest BCUT2D eigenvalue weighted by Crippen LogP contribution is -2.50. The first-order chi connectivity index (χ1) is 7.52. The van der Waals surface area contributed by atoms with E-state index in [1.54, 1.807) is 0 Å². The average molecular weight is 228 g/mol. The Morgan fingerprint density at radius 1 is 1.38 bits per heavy atom. The predicted octanol–water partition coefficient (Wildman–Crippen LogP) is 1.06. The number of carbonyl (C=O) groups excluding carboxylic acids is 1. The molecule has 0 unspecified atom stereocenters. The van der Waals surface area contributed by atoms with Crippen molar-refractivity contribution in [2.45, 2.75) is 51.6 Å². The maximum absolute atomic E-state index is 11.7. The molecular formula is C12H24N2O2. The number of hydrogen-bond acceptors (Lipinski definition) is 3. The molecular weight excluding hydrogens is 204 g/mol. The van der Waals surface area contributed by atoms with Crippen LogP contribution in [0, 0.1) is 0 Å². The largest absolute Gasteiger partial charge is 0.381 e. The monoisotopic (exact) mass is 228 g/mol. The van der Waals surface area contributed by atoms with Crippen LogP contribution in [0.3, 0.4) is 0 Å². The van der Waals surface area contributed by atoms with E-state index in [0.29, 0.717) is 12.5 Å². The fraction of sp³-hybridized carbons (Fsp3) is 0.917. The van der Waals surface area contributed by atoms with Crippen molar-refractivity contribution in [1.82, 2.24) is 10.6 Å². The standard InChI is InChI=1S/C12H24N2O2/c1-10(2)13-7-4-11(15)14-12(3)5-8-16-9-6-12/h10,13H,4-9H2,1-3H3,(H,14,15). The van der Waals surface area contributed by atoms with Crippen molar-refractivity contribution in [3.05, 3.63) is 0 Å². The van der Waals surface area contributed by atoms with Gasteiger partial charge in [0.05, 0.1) is 0 Å². The van der Waals surface area contributed by atoms with E-state index in [2.05, 4.69) is 31.4 Å². The second-order valence-corrected chi connectivity index (χ2v) is 5.08. The normalized spacial score (nSPS) is 19.8. The van der Waals surface area contributed by atoms with Gasteiger partial charge in [-0.3, -0.25) is 4.79 Å². The number of rotatable bonds is 5. The van der Waals surface area contributed by atoms with Crippen LogP contribution in [0.2, 0.25) is 0 Å². The average Bonchev–Trinajstić information content (AvgIpc) is 2.17. The molecule has 16 heavy (non-hydrogen) atoms. The lowest BCUT2D eigenvalue weighted by molar-refractivity contribution is -0.123. The van der Waals surface area contributed by atoms with Gasteiger partial charge in [0.25, 0.3) is 0 Å². The zero-order valence-corrected chi connectivity index (χ0v) is 10.6. The zero-order chi connectivity index (χ0) is 12.0. The molecule has 0 saturated carbocycles. The molecule has 1 fully saturated rings. The van der Waals surface area contributed by atoms with Gasteiger partial charge < -0.3 is 15.4 Å². The van der Waals surface area contributed by atoms with E-state index in [9.17, 15) is 4.79 Å². The van der Waals surface area contributed by atoms with E-state index in [1.165, 1.54) is 0 Å². The molecule has 0 aromatic rings. The summed E-state index contributed by atoms with van der Waals surface area (Å²) in [6.45, 7) is 8.51. The molecule has 1 aliphatic heterocycles. The molecule has 1 rings (SSSR count). The van der Waals surface area contributed by atoms with Gasteiger partial charge in [-0.2, -0.15) is 0 Å². The van der Waals surface area contributed by atoms with Gasteiger partial charge >= 0.3 is 0 Å². The van der Waals surface area contributed by atoms with Crippen LogP contribution in [0.1, 0.15) is 40.0 Å². The highest BCUT2D eigenvalue weighted by Crippen LogP contribution is 2.19. The van der Waals surface area contributed by atoms with E-state index < -0.39 is 0 Å². The van der Waals surface area contributed by atoms with Gasteiger partial charge in [-0.25, -0.2) is 0 Å². The fourth-order valence-electron chi connectivity index (χ4n) is 1.82. The first-order valence-corrected chi connectivity index (χ1v) is 6.14. The Hall–Kier alpha value is -0.610. The van der Waals surface area contributed by atoms with Crippen LogP contribution in [0.25, 0.3) is 0 Å². The van der Waals surface area contributed by atoms with Crippen LogP contribution in [0.5, 0.6) is 0 Å². The SMILES string of the molecule is CC(C)NCCC(=O)NC1(C)CCOCC1. The van der Waals surface area contributed by atoms with E-state index in [4.69, 9.17) is 4.74 Å². The van der Waals surface area contributed by atoms with Crippen LogP contribution in [0.4, 0.5) is 0 Å². The number of ether oxygens (including phenoxy) is 1. The lowest BCUT2D eigenvalue weighted by atomic mass is 9.92. The first kappa shape index (κ1) is 13.5. The molecule has 1 aliphatic rings. The Morgan fingerprint density at radius 2 is 2.00 bits per heavy atom. The summed E-state index contributed by atoms with van der Waals surface area (Å²) >= 11 is 0. The second kappa shape index (κ2) is 6.21. The summed E-state index contributed by atoms with van der Waals surface area (Å²) < 4.78 is 5.30. The number of hydrogen-bond donors (Lipinski definition) is 2. The summed E-state index contributed by atoms with van der Waals surface area (Å²) in [5, 5.41) is 6.35. The molecule has 0 aromatic carbocycles. The minimum atomic E-state index is -0.0623. The summed E-state index contributed by atoms with van der Waals surface area (Å²) in [6.07, 6.45) is 2.38. The highest BCUT2D eigenvalue weighted by atomic mass is 16.5. The first-order valence-electron chi connectivity index (χ1n) is 6.14. The summed E-state index contributed by atoms with van der Waals surface area (Å²) in [6, 6.07) is 0.437. The molecule has 94 valence electrons. The molecule has 0 spiro atoms. The van der Waals surface area contributed by atoms with Crippen LogP contribution < -0.4 is 10.6 Å². The van der Waals surface area contributed by atoms with Crippen molar-refractivity contribution in [2.24, 2.45) is 0 Å². The Balaban J connectivity index is 2.22. The zero-order valence-electron chi connectivity index (χ0n) is 10.6. The summed E-state index contributed by atoms with van der Waals surface area (Å²) in [4.78, 5) is 11.7. The molecule has 1 saturated heterocycles. The molecule has 1 amide bonds. The van der Waals surface area contributed by atoms with Gasteiger partial charge in [-0.1, -0.05) is 13.8 Å². The highest BCUT2D eigenvalue weighted by molar-refractivity contribution is 5.76. The number of nitrogens with one attached hydrogen (secondary N) is 2. The number of amides is 1. The number of carbonyl (C=O) groups is 1. The third kappa shape index (κ3) is 4.94. The minimum Gasteiger partial charge on any atom is -0.381 e. The Bertz CT molecular complexity index is 223. The van der Waals surface area contributed by atoms with Crippen LogP contribution in [-0.2, 0) is 9.53 Å². The summed E-state index contributed by atoms with van der Waals surface area (Å²) in [7, 11) is 0. The topological polar surface area (TPSA) is 50.4 Å². The Kier molecular flexibility index (Phi) is 5.22. The third-order valence-corrected chi connectivity index (χ3v) is 2.94. The van der Waals surface area contributed by atoms with Gasteiger partial charge in [-0.05, 0) is 19.8 Å². The molecule has 4 nitrogen and oxygen atoms in total. The van der Waals surface area contributed by atoms with E-state index in [1.807, 2.05) is 0 Å². The smallest absolute Gasteiger partial charge is 0.221 e. The lowest BCUT2D eigenvalue weighted by Gasteiger charge is -2.34. The molecule has 4 heteroatoms. The molecule has 0 radical (unpaired) electrons. The Labute approximate surface area is 98.1 Å². The van der Waals surface area contributed by atoms with Gasteiger partial charge in [0.15, 0.2) is 0 Å². The summed E-state index contributed by atoms with van der Waals surface area (Å²) in [5.74, 6) is 0.137. The predicted molar refractivity (Wildman–Crippen MR) is 64.4 cm³/mol. The maximum atomic E-state index is 11.7. The van der Waals surface area contributed by atoms with Crippen molar-refractivity contribution in [3.63, 3.8) is 0 Å². The molecule has 1 heterocycles. The Morgan fingerprint density at radius 3 is 2.56 bits per heavy atom. The molecule has 0 aromatic heterocycles. The van der Waals surface area contributed by atoms with E-state index >= 15 is 0 Å². The molecule has 0 atom stereocenters. The van der Waals surface area contributed by atoms with Gasteiger partial charge in [0, 0.05) is 37.8 Å². The highest BCUT2D eigenvalue weighted by Gasteiger charge is 2.28. The van der Waals surface area contributed by atoms with Crippen molar-refractivity contribution >= 4 is 5.91 Å². The van der Waals surface area contributed by atoms with Gasteiger partial charge in [0.1, 0.15) is 0 Å². The van der Waals surface area contributed by atoms with E-state index in [-0.39, 0.29) is 11.4 Å². The van der Waals surface area contributed by atoms with E-state index in [0.717, 1.165) is 32.6 Å². The van der Waals surface area contributed by atoms with Crippen molar-refractivity contribution in [3.8, 4) is 0 Å². The second-order valence-electron chi connectivity index (χ2n) is 5.08. The van der Waals surface area contributed by atoms with Crippen LogP contribution >= 0.6 is 0 Å².